The molecular formula is C15H22N2O2. The average molecular weight is 262 g/mol. The van der Waals surface area contributed by atoms with Crippen LogP contribution in [0.25, 0.3) is 0 Å². The fourth-order valence-corrected chi connectivity index (χ4v) is 4.98. The number of rotatable bonds is 0. The second-order valence-electron chi connectivity index (χ2n) is 6.74. The van der Waals surface area contributed by atoms with E-state index in [2.05, 4.69) is 5.32 Å². The number of hydrogen-bond acceptors (Lipinski definition) is 3. The second kappa shape index (κ2) is 4.30. The molecule has 1 amide bonds. The molecule has 1 saturated carbocycles. The Morgan fingerprint density at radius 2 is 2.00 bits per heavy atom. The molecule has 4 nitrogen and oxygen atoms in total. The van der Waals surface area contributed by atoms with E-state index in [0.29, 0.717) is 24.2 Å². The van der Waals surface area contributed by atoms with Crippen LogP contribution in [0.3, 0.4) is 0 Å². The minimum absolute atomic E-state index is 0.143. The van der Waals surface area contributed by atoms with Crippen molar-refractivity contribution in [1.29, 1.82) is 0 Å². The smallest absolute Gasteiger partial charge is 0.222 e. The van der Waals surface area contributed by atoms with Crippen molar-refractivity contribution in [2.45, 2.75) is 50.6 Å². The van der Waals surface area contributed by atoms with Crippen molar-refractivity contribution < 1.29 is 9.59 Å². The Morgan fingerprint density at radius 1 is 1.11 bits per heavy atom. The molecule has 19 heavy (non-hydrogen) atoms. The van der Waals surface area contributed by atoms with Gasteiger partial charge in [0.2, 0.25) is 5.91 Å². The molecule has 4 aliphatic rings. The predicted molar refractivity (Wildman–Crippen MR) is 70.5 cm³/mol. The van der Waals surface area contributed by atoms with Gasteiger partial charge in [-0.1, -0.05) is 0 Å². The summed E-state index contributed by atoms with van der Waals surface area (Å²) in [5, 5.41) is 3.56. The zero-order valence-electron chi connectivity index (χ0n) is 11.3. The SMILES string of the molecule is O=C1[C@H]2CCCN[C@@H]2[C@H]2C[C@@H]1[C@H]1CCCC(=O)N1C2. The molecule has 4 rings (SSSR count). The van der Waals surface area contributed by atoms with Crippen molar-refractivity contribution in [3.8, 4) is 0 Å². The molecule has 3 aliphatic heterocycles. The molecule has 0 aromatic heterocycles. The second-order valence-corrected chi connectivity index (χ2v) is 6.74. The number of carbonyl (C=O) groups excluding carboxylic acids is 2. The molecule has 4 heteroatoms. The van der Waals surface area contributed by atoms with E-state index in [1.807, 2.05) is 4.90 Å². The van der Waals surface area contributed by atoms with Crippen molar-refractivity contribution >= 4 is 11.7 Å². The maximum atomic E-state index is 12.8. The quantitative estimate of drug-likeness (QED) is 0.707. The summed E-state index contributed by atoms with van der Waals surface area (Å²) in [6.07, 6.45) is 5.90. The Balaban J connectivity index is 1.66. The van der Waals surface area contributed by atoms with E-state index >= 15 is 0 Å². The third-order valence-corrected chi connectivity index (χ3v) is 5.81. The highest BCUT2D eigenvalue weighted by molar-refractivity contribution is 5.88. The molecule has 0 aromatic carbocycles. The summed E-state index contributed by atoms with van der Waals surface area (Å²) in [5.41, 5.74) is 0. The van der Waals surface area contributed by atoms with E-state index < -0.39 is 0 Å². The fourth-order valence-electron chi connectivity index (χ4n) is 4.98. The number of ketones is 1. The largest absolute Gasteiger partial charge is 0.339 e. The van der Waals surface area contributed by atoms with Gasteiger partial charge in [0.05, 0.1) is 0 Å². The van der Waals surface area contributed by atoms with Gasteiger partial charge in [0.1, 0.15) is 5.78 Å². The minimum Gasteiger partial charge on any atom is -0.339 e. The van der Waals surface area contributed by atoms with E-state index in [4.69, 9.17) is 0 Å². The topological polar surface area (TPSA) is 49.4 Å². The van der Waals surface area contributed by atoms with Crippen molar-refractivity contribution in [2.24, 2.45) is 17.8 Å². The van der Waals surface area contributed by atoms with Crippen LogP contribution in [0.1, 0.15) is 38.5 Å². The number of nitrogens with one attached hydrogen (secondary N) is 1. The van der Waals surface area contributed by atoms with Gasteiger partial charge in [-0.15, -0.1) is 0 Å². The highest BCUT2D eigenvalue weighted by Gasteiger charge is 2.53. The first kappa shape index (κ1) is 11.9. The molecule has 0 spiro atoms. The molecule has 0 radical (unpaired) electrons. The molecule has 3 heterocycles. The molecule has 5 atom stereocenters. The van der Waals surface area contributed by atoms with Gasteiger partial charge in [0.15, 0.2) is 0 Å². The predicted octanol–water partition coefficient (Wildman–Crippen LogP) is 0.954. The molecule has 4 fully saturated rings. The van der Waals surface area contributed by atoms with E-state index in [1.54, 1.807) is 0 Å². The fraction of sp³-hybridized carbons (Fsp3) is 0.867. The number of Topliss-reactive ketones (excluding diaryl/α,β-unsaturated/α-hetero) is 1. The standard InChI is InChI=1S/C15H22N2O2/c18-13-5-1-4-12-11-7-9(8-17(12)13)14-10(15(11)19)3-2-6-16-14/h9-12,14,16H,1-8H2/t9-,10-,11+,12+,14+/m0/s1. The Kier molecular flexibility index (Phi) is 2.69. The number of carbonyl (C=O) groups is 2. The lowest BCUT2D eigenvalue weighted by Crippen LogP contribution is -2.66. The maximum absolute atomic E-state index is 12.8. The van der Waals surface area contributed by atoms with Crippen LogP contribution in [0.15, 0.2) is 0 Å². The maximum Gasteiger partial charge on any atom is 0.222 e. The summed E-state index contributed by atoms with van der Waals surface area (Å²) in [4.78, 5) is 26.9. The van der Waals surface area contributed by atoms with Gasteiger partial charge in [-0.3, -0.25) is 9.59 Å². The first-order chi connectivity index (χ1) is 9.25. The third-order valence-electron chi connectivity index (χ3n) is 5.81. The van der Waals surface area contributed by atoms with Gasteiger partial charge in [-0.25, -0.2) is 0 Å². The lowest BCUT2D eigenvalue weighted by Gasteiger charge is -2.54. The van der Waals surface area contributed by atoms with Crippen LogP contribution < -0.4 is 5.32 Å². The summed E-state index contributed by atoms with van der Waals surface area (Å²) in [6.45, 7) is 1.93. The first-order valence-electron chi connectivity index (χ1n) is 7.82. The van der Waals surface area contributed by atoms with E-state index in [9.17, 15) is 9.59 Å². The first-order valence-corrected chi connectivity index (χ1v) is 7.82. The molecule has 0 unspecified atom stereocenters. The normalized spacial score (nSPS) is 45.7. The number of fused-ring (bicyclic) bond motifs is 6. The number of amides is 1. The summed E-state index contributed by atoms with van der Waals surface area (Å²) in [6, 6.07) is 0.570. The lowest BCUT2D eigenvalue weighted by molar-refractivity contribution is -0.153. The monoisotopic (exact) mass is 262 g/mol. The van der Waals surface area contributed by atoms with E-state index in [0.717, 1.165) is 45.2 Å². The Bertz CT molecular complexity index is 422. The molecule has 1 N–H and O–H groups in total. The van der Waals surface area contributed by atoms with Gasteiger partial charge in [-0.2, -0.15) is 0 Å². The highest BCUT2D eigenvalue weighted by atomic mass is 16.2. The van der Waals surface area contributed by atoms with Gasteiger partial charge in [0.25, 0.3) is 0 Å². The van der Waals surface area contributed by atoms with Crippen LogP contribution in [-0.2, 0) is 9.59 Å². The molecule has 1 aliphatic carbocycles. The zero-order valence-corrected chi connectivity index (χ0v) is 11.3. The lowest BCUT2D eigenvalue weighted by atomic mass is 9.62. The number of hydrogen-bond donors (Lipinski definition) is 1. The zero-order chi connectivity index (χ0) is 13.0. The summed E-state index contributed by atoms with van der Waals surface area (Å²) in [7, 11) is 0. The van der Waals surface area contributed by atoms with Crippen LogP contribution in [0.4, 0.5) is 0 Å². The van der Waals surface area contributed by atoms with Gasteiger partial charge >= 0.3 is 0 Å². The van der Waals surface area contributed by atoms with Crippen LogP contribution in [0, 0.1) is 17.8 Å². The Labute approximate surface area is 113 Å². The molecular weight excluding hydrogens is 240 g/mol. The van der Waals surface area contributed by atoms with Crippen LogP contribution >= 0.6 is 0 Å². The van der Waals surface area contributed by atoms with Crippen molar-refractivity contribution in [3.05, 3.63) is 0 Å². The number of nitrogens with zero attached hydrogens (tertiary/aromatic N) is 1. The summed E-state index contributed by atoms with van der Waals surface area (Å²) in [5.74, 6) is 1.62. The van der Waals surface area contributed by atoms with Gasteiger partial charge < -0.3 is 10.2 Å². The molecule has 3 saturated heterocycles. The summed E-state index contributed by atoms with van der Waals surface area (Å²) < 4.78 is 0. The van der Waals surface area contributed by atoms with Gasteiger partial charge in [0, 0.05) is 36.9 Å². The molecule has 2 bridgehead atoms. The molecule has 0 aromatic rings. The van der Waals surface area contributed by atoms with Gasteiger partial charge in [-0.05, 0) is 44.6 Å². The minimum atomic E-state index is 0.143. The van der Waals surface area contributed by atoms with E-state index in [1.165, 1.54) is 0 Å². The van der Waals surface area contributed by atoms with Crippen molar-refractivity contribution in [2.75, 3.05) is 13.1 Å². The average Bonchev–Trinajstić information content (AvgIpc) is 2.45. The van der Waals surface area contributed by atoms with Crippen molar-refractivity contribution in [1.82, 2.24) is 10.2 Å². The van der Waals surface area contributed by atoms with Crippen LogP contribution in [-0.4, -0.2) is 41.8 Å². The van der Waals surface area contributed by atoms with Crippen LogP contribution in [0.2, 0.25) is 0 Å². The van der Waals surface area contributed by atoms with Crippen molar-refractivity contribution in [3.63, 3.8) is 0 Å². The van der Waals surface area contributed by atoms with E-state index in [-0.39, 0.29) is 23.8 Å². The van der Waals surface area contributed by atoms with Crippen LogP contribution in [0.5, 0.6) is 0 Å². The third kappa shape index (κ3) is 1.69. The molecule has 104 valence electrons. The number of piperidine rings is 3. The Hall–Kier alpha value is -0.900. The highest BCUT2D eigenvalue weighted by Crippen LogP contribution is 2.44. The Morgan fingerprint density at radius 3 is 2.89 bits per heavy atom. The summed E-state index contributed by atoms with van der Waals surface area (Å²) >= 11 is 0.